The third-order valence-electron chi connectivity index (χ3n) is 3.22. The molecule has 0 atom stereocenters. The highest BCUT2D eigenvalue weighted by Crippen LogP contribution is 2.06. The molecule has 0 aromatic carbocycles. The normalized spacial score (nSPS) is 16.7. The van der Waals surface area contributed by atoms with Crippen LogP contribution in [0.25, 0.3) is 0 Å². The number of esters is 1. The topological polar surface area (TPSA) is 67.9 Å². The molecule has 0 aromatic heterocycles. The van der Waals surface area contributed by atoms with Crippen molar-refractivity contribution in [3.05, 3.63) is 0 Å². The number of nitrogens with one attached hydrogen (secondary N) is 1. The monoisotopic (exact) mass is 272 g/mol. The zero-order valence-corrected chi connectivity index (χ0v) is 12.0. The summed E-state index contributed by atoms with van der Waals surface area (Å²) in [4.78, 5) is 25.0. The zero-order valence-electron chi connectivity index (χ0n) is 12.0. The predicted octanol–water partition coefficient (Wildman–Crippen LogP) is 0.165. The fourth-order valence-electron chi connectivity index (χ4n) is 1.95. The minimum atomic E-state index is -0.326. The number of nitrogens with zero attached hydrogens (tertiary/aromatic N) is 1. The molecule has 0 radical (unpaired) electrons. The molecule has 1 heterocycles. The Morgan fingerprint density at radius 3 is 2.47 bits per heavy atom. The van der Waals surface area contributed by atoms with Crippen molar-refractivity contribution in [3.63, 3.8) is 0 Å². The van der Waals surface area contributed by atoms with Crippen LogP contribution >= 0.6 is 0 Å². The minimum Gasteiger partial charge on any atom is -0.468 e. The summed E-state index contributed by atoms with van der Waals surface area (Å²) in [6.07, 6.45) is 1.70. The quantitative estimate of drug-likeness (QED) is 0.698. The maximum Gasteiger partial charge on any atom is 0.319 e. The molecule has 1 fully saturated rings. The average Bonchev–Trinajstić information content (AvgIpc) is 2.38. The van der Waals surface area contributed by atoms with Crippen LogP contribution in [0.4, 0.5) is 0 Å². The molecule has 0 saturated carbocycles. The molecule has 1 amide bonds. The van der Waals surface area contributed by atoms with Crippen LogP contribution in [0.1, 0.15) is 26.7 Å². The zero-order chi connectivity index (χ0) is 14.3. The second kappa shape index (κ2) is 8.12. The van der Waals surface area contributed by atoms with Crippen molar-refractivity contribution < 1.29 is 19.1 Å². The molecule has 6 heteroatoms. The number of rotatable bonds is 6. The van der Waals surface area contributed by atoms with Crippen LogP contribution in [0.5, 0.6) is 0 Å². The Balaban J connectivity index is 2.39. The van der Waals surface area contributed by atoms with E-state index in [9.17, 15) is 9.59 Å². The van der Waals surface area contributed by atoms with E-state index in [1.54, 1.807) is 4.90 Å². The number of hydrogen-bond acceptors (Lipinski definition) is 5. The van der Waals surface area contributed by atoms with Gasteiger partial charge in [0.1, 0.15) is 0 Å². The van der Waals surface area contributed by atoms with E-state index in [0.717, 1.165) is 12.8 Å². The Morgan fingerprint density at radius 2 is 1.95 bits per heavy atom. The molecule has 0 bridgehead atoms. The summed E-state index contributed by atoms with van der Waals surface area (Å²) in [6.45, 7) is 5.64. The Morgan fingerprint density at radius 1 is 1.32 bits per heavy atom. The summed E-state index contributed by atoms with van der Waals surface area (Å²) in [6, 6.07) is 0.299. The van der Waals surface area contributed by atoms with E-state index in [-0.39, 0.29) is 37.0 Å². The number of carbonyl (C=O) groups excluding carboxylic acids is 2. The van der Waals surface area contributed by atoms with E-state index in [1.807, 2.05) is 13.8 Å². The van der Waals surface area contributed by atoms with Crippen molar-refractivity contribution in [2.75, 3.05) is 33.4 Å². The minimum absolute atomic E-state index is 0.0514. The smallest absolute Gasteiger partial charge is 0.319 e. The largest absolute Gasteiger partial charge is 0.468 e. The van der Waals surface area contributed by atoms with Crippen molar-refractivity contribution in [3.8, 4) is 0 Å². The van der Waals surface area contributed by atoms with Gasteiger partial charge in [0.15, 0.2) is 0 Å². The maximum absolute atomic E-state index is 12.0. The highest BCUT2D eigenvalue weighted by atomic mass is 16.5. The van der Waals surface area contributed by atoms with Crippen LogP contribution < -0.4 is 5.32 Å². The molecule has 0 aliphatic carbocycles. The first kappa shape index (κ1) is 15.9. The van der Waals surface area contributed by atoms with Crippen LogP contribution in [0.3, 0.4) is 0 Å². The molecular weight excluding hydrogens is 248 g/mol. The van der Waals surface area contributed by atoms with E-state index in [4.69, 9.17) is 4.74 Å². The van der Waals surface area contributed by atoms with Crippen molar-refractivity contribution >= 4 is 11.9 Å². The fourth-order valence-corrected chi connectivity index (χ4v) is 1.95. The van der Waals surface area contributed by atoms with Crippen LogP contribution in [0, 0.1) is 0 Å². The van der Waals surface area contributed by atoms with Crippen LogP contribution in [0.15, 0.2) is 0 Å². The number of hydrogen-bond donors (Lipinski definition) is 1. The van der Waals surface area contributed by atoms with Gasteiger partial charge in [-0.2, -0.15) is 0 Å². The van der Waals surface area contributed by atoms with E-state index in [0.29, 0.717) is 13.2 Å². The van der Waals surface area contributed by atoms with Crippen molar-refractivity contribution in [1.29, 1.82) is 0 Å². The van der Waals surface area contributed by atoms with Crippen molar-refractivity contribution in [2.24, 2.45) is 0 Å². The molecule has 6 nitrogen and oxygen atoms in total. The van der Waals surface area contributed by atoms with Crippen molar-refractivity contribution in [2.45, 2.75) is 38.8 Å². The van der Waals surface area contributed by atoms with E-state index in [1.165, 1.54) is 7.11 Å². The number of amides is 1. The highest BCUT2D eigenvalue weighted by molar-refractivity contribution is 5.79. The van der Waals surface area contributed by atoms with E-state index >= 15 is 0 Å². The Labute approximate surface area is 114 Å². The van der Waals surface area contributed by atoms with Gasteiger partial charge in [-0.25, -0.2) is 0 Å². The van der Waals surface area contributed by atoms with Gasteiger partial charge in [0, 0.05) is 25.3 Å². The first-order chi connectivity index (χ1) is 9.02. The van der Waals surface area contributed by atoms with Gasteiger partial charge in [0.25, 0.3) is 0 Å². The Hall–Kier alpha value is -1.14. The van der Waals surface area contributed by atoms with Gasteiger partial charge >= 0.3 is 5.97 Å². The lowest BCUT2D eigenvalue weighted by Gasteiger charge is -2.27. The average molecular weight is 272 g/mol. The standard InChI is InChI=1S/C13H24N2O4/c1-10(2)15(9-13(17)18-3)8-12(16)14-11-4-6-19-7-5-11/h10-11H,4-9H2,1-3H3,(H,14,16). The highest BCUT2D eigenvalue weighted by Gasteiger charge is 2.20. The van der Waals surface area contributed by atoms with Crippen LogP contribution in [-0.4, -0.2) is 62.3 Å². The van der Waals surface area contributed by atoms with Gasteiger partial charge in [-0.1, -0.05) is 0 Å². The molecule has 0 unspecified atom stereocenters. The Kier molecular flexibility index (Phi) is 6.80. The molecule has 1 rings (SSSR count). The summed E-state index contributed by atoms with van der Waals surface area (Å²) in [5.41, 5.74) is 0. The first-order valence-corrected chi connectivity index (χ1v) is 6.71. The third-order valence-corrected chi connectivity index (χ3v) is 3.22. The molecule has 1 aliphatic rings. The molecule has 19 heavy (non-hydrogen) atoms. The van der Waals surface area contributed by atoms with Gasteiger partial charge in [-0.05, 0) is 26.7 Å². The van der Waals surface area contributed by atoms with Gasteiger partial charge in [0.05, 0.1) is 20.2 Å². The second-order valence-electron chi connectivity index (χ2n) is 5.03. The van der Waals surface area contributed by atoms with Gasteiger partial charge < -0.3 is 14.8 Å². The molecule has 0 aromatic rings. The summed E-state index contributed by atoms with van der Waals surface area (Å²) < 4.78 is 9.88. The number of methoxy groups -OCH3 is 1. The molecule has 1 aliphatic heterocycles. The lowest BCUT2D eigenvalue weighted by atomic mass is 10.1. The second-order valence-corrected chi connectivity index (χ2v) is 5.03. The fraction of sp³-hybridized carbons (Fsp3) is 0.846. The molecule has 1 N–H and O–H groups in total. The van der Waals surface area contributed by atoms with E-state index < -0.39 is 0 Å². The Bertz CT molecular complexity index is 301. The first-order valence-electron chi connectivity index (χ1n) is 6.71. The summed E-state index contributed by atoms with van der Waals surface area (Å²) in [5, 5.41) is 2.98. The van der Waals surface area contributed by atoms with Crippen LogP contribution in [-0.2, 0) is 19.1 Å². The van der Waals surface area contributed by atoms with Gasteiger partial charge in [-0.3, -0.25) is 14.5 Å². The number of ether oxygens (including phenoxy) is 2. The van der Waals surface area contributed by atoms with Gasteiger partial charge in [0.2, 0.25) is 5.91 Å². The summed E-state index contributed by atoms with van der Waals surface area (Å²) in [5.74, 6) is -0.378. The summed E-state index contributed by atoms with van der Waals surface area (Å²) in [7, 11) is 1.35. The molecule has 0 spiro atoms. The lowest BCUT2D eigenvalue weighted by molar-refractivity contribution is -0.142. The molecular formula is C13H24N2O4. The number of carbonyl (C=O) groups is 2. The van der Waals surface area contributed by atoms with Crippen molar-refractivity contribution in [1.82, 2.24) is 10.2 Å². The van der Waals surface area contributed by atoms with Crippen LogP contribution in [0.2, 0.25) is 0 Å². The lowest BCUT2D eigenvalue weighted by Crippen LogP contribution is -2.47. The third kappa shape index (κ3) is 6.02. The maximum atomic E-state index is 12.0. The predicted molar refractivity (Wildman–Crippen MR) is 70.7 cm³/mol. The van der Waals surface area contributed by atoms with E-state index in [2.05, 4.69) is 10.1 Å². The SMILES string of the molecule is COC(=O)CN(CC(=O)NC1CCOCC1)C(C)C. The molecule has 1 saturated heterocycles. The summed E-state index contributed by atoms with van der Waals surface area (Å²) >= 11 is 0. The molecule has 110 valence electrons. The van der Waals surface area contributed by atoms with Gasteiger partial charge in [-0.15, -0.1) is 0 Å².